The molecule has 1 unspecified atom stereocenters. The first-order chi connectivity index (χ1) is 13.8. The van der Waals surface area contributed by atoms with Crippen LogP contribution in [0.3, 0.4) is 0 Å². The molecule has 0 aliphatic carbocycles. The average molecular weight is 402 g/mol. The molecule has 1 aromatic carbocycles. The lowest BCUT2D eigenvalue weighted by Gasteiger charge is -2.24. The Morgan fingerprint density at radius 2 is 2.07 bits per heavy atom. The molecule has 1 fully saturated rings. The second-order valence-corrected chi connectivity index (χ2v) is 7.01. The normalized spacial score (nSPS) is 18.7. The van der Waals surface area contributed by atoms with Crippen LogP contribution in [0.5, 0.6) is 5.75 Å². The highest BCUT2D eigenvalue weighted by atomic mass is 19.1. The molecule has 0 saturated carbocycles. The van der Waals surface area contributed by atoms with Crippen molar-refractivity contribution in [3.05, 3.63) is 59.3 Å². The van der Waals surface area contributed by atoms with Crippen LogP contribution in [0, 0.1) is 5.82 Å². The summed E-state index contributed by atoms with van der Waals surface area (Å²) in [7, 11) is 5.19. The quantitative estimate of drug-likeness (QED) is 0.436. The minimum atomic E-state index is -0.903. The molecule has 1 amide bonds. The molecule has 1 aliphatic rings. The maximum atomic E-state index is 13.8. The Hall–Kier alpha value is -3.13. The molecule has 1 N–H and O–H groups in total. The van der Waals surface area contributed by atoms with Gasteiger partial charge in [0.15, 0.2) is 0 Å². The number of hydrogen-bond acceptors (Lipinski definition) is 6. The molecule has 8 heteroatoms. The Morgan fingerprint density at radius 3 is 2.69 bits per heavy atom. The van der Waals surface area contributed by atoms with Crippen molar-refractivity contribution < 1.29 is 28.2 Å². The van der Waals surface area contributed by atoms with Crippen LogP contribution in [0.25, 0.3) is 5.76 Å². The maximum Gasteiger partial charge on any atom is 0.295 e. The van der Waals surface area contributed by atoms with E-state index in [4.69, 9.17) is 9.15 Å². The zero-order chi connectivity index (χ0) is 21.1. The summed E-state index contributed by atoms with van der Waals surface area (Å²) in [5, 5.41) is 10.9. The summed E-state index contributed by atoms with van der Waals surface area (Å²) in [5.41, 5.74) is -0.158. The van der Waals surface area contributed by atoms with E-state index in [-0.39, 0.29) is 16.9 Å². The lowest BCUT2D eigenvalue weighted by molar-refractivity contribution is -0.140. The number of carbonyl (C=O) groups excluding carboxylic acids is 2. The number of hydrogen-bond donors (Lipinski definition) is 1. The Labute approximate surface area is 168 Å². The van der Waals surface area contributed by atoms with Gasteiger partial charge in [-0.05, 0) is 57.4 Å². The van der Waals surface area contributed by atoms with Gasteiger partial charge in [-0.2, -0.15) is 0 Å². The predicted octanol–water partition coefficient (Wildman–Crippen LogP) is 2.80. The van der Waals surface area contributed by atoms with Crippen molar-refractivity contribution in [2.75, 3.05) is 34.3 Å². The maximum absolute atomic E-state index is 13.8. The number of carbonyl (C=O) groups is 2. The van der Waals surface area contributed by atoms with E-state index in [0.717, 1.165) is 6.07 Å². The molecule has 1 aliphatic heterocycles. The number of aliphatic hydroxyl groups is 1. The summed E-state index contributed by atoms with van der Waals surface area (Å²) >= 11 is 0. The third-order valence-electron chi connectivity index (χ3n) is 4.77. The van der Waals surface area contributed by atoms with Crippen molar-refractivity contribution in [1.29, 1.82) is 0 Å². The van der Waals surface area contributed by atoms with E-state index >= 15 is 0 Å². The minimum absolute atomic E-state index is 0.00431. The number of Topliss-reactive ketones (excluding diaryl/α,β-unsaturated/α-hetero) is 1. The molecule has 0 spiro atoms. The number of rotatable bonds is 7. The highest BCUT2D eigenvalue weighted by Crippen LogP contribution is 2.41. The van der Waals surface area contributed by atoms with Crippen molar-refractivity contribution in [2.45, 2.75) is 12.5 Å². The number of furan rings is 1. The Morgan fingerprint density at radius 1 is 1.31 bits per heavy atom. The number of ether oxygens (including phenoxy) is 1. The highest BCUT2D eigenvalue weighted by molar-refractivity contribution is 6.46. The van der Waals surface area contributed by atoms with E-state index in [2.05, 4.69) is 0 Å². The van der Waals surface area contributed by atoms with Crippen molar-refractivity contribution in [1.82, 2.24) is 9.80 Å². The van der Waals surface area contributed by atoms with Crippen LogP contribution in [0.15, 0.2) is 46.6 Å². The lowest BCUT2D eigenvalue weighted by atomic mass is 9.98. The van der Waals surface area contributed by atoms with Gasteiger partial charge >= 0.3 is 0 Å². The van der Waals surface area contributed by atoms with Gasteiger partial charge in [0.1, 0.15) is 29.1 Å². The van der Waals surface area contributed by atoms with Crippen molar-refractivity contribution in [2.24, 2.45) is 0 Å². The second-order valence-electron chi connectivity index (χ2n) is 7.01. The number of likely N-dealkylation sites (tertiary alicyclic amines) is 1. The van der Waals surface area contributed by atoms with Gasteiger partial charge in [0, 0.05) is 6.54 Å². The van der Waals surface area contributed by atoms with Crippen LogP contribution in [-0.2, 0) is 9.59 Å². The SMILES string of the molecule is COc1ccc(F)cc1/C(O)=C1\C(=O)C(=O)N(CCCN(C)C)C1c1ccco1. The van der Waals surface area contributed by atoms with Gasteiger partial charge in [0.25, 0.3) is 11.7 Å². The largest absolute Gasteiger partial charge is 0.507 e. The van der Waals surface area contributed by atoms with Crippen LogP contribution >= 0.6 is 0 Å². The smallest absolute Gasteiger partial charge is 0.295 e. The van der Waals surface area contributed by atoms with Crippen molar-refractivity contribution >= 4 is 17.4 Å². The van der Waals surface area contributed by atoms with Gasteiger partial charge in [-0.3, -0.25) is 9.59 Å². The molecule has 0 bridgehead atoms. The molecule has 1 aromatic heterocycles. The van der Waals surface area contributed by atoms with Gasteiger partial charge in [0.05, 0.1) is 24.5 Å². The summed E-state index contributed by atoms with van der Waals surface area (Å²) in [6, 6.07) is 5.95. The predicted molar refractivity (Wildman–Crippen MR) is 104 cm³/mol. The van der Waals surface area contributed by atoms with Crippen LogP contribution in [0.1, 0.15) is 23.8 Å². The first-order valence-corrected chi connectivity index (χ1v) is 9.15. The summed E-state index contributed by atoms with van der Waals surface area (Å²) in [6.07, 6.45) is 2.05. The molecular formula is C21H23FN2O5. The number of methoxy groups -OCH3 is 1. The Bertz CT molecular complexity index is 937. The number of nitrogens with zero attached hydrogens (tertiary/aromatic N) is 2. The molecule has 0 radical (unpaired) electrons. The molecule has 2 heterocycles. The van der Waals surface area contributed by atoms with Crippen LogP contribution < -0.4 is 4.74 Å². The summed E-state index contributed by atoms with van der Waals surface area (Å²) in [5.74, 6) is -2.17. The van der Waals surface area contributed by atoms with Crippen molar-refractivity contribution in [3.63, 3.8) is 0 Å². The zero-order valence-corrected chi connectivity index (χ0v) is 16.5. The number of ketones is 1. The van der Waals surface area contributed by atoms with Crippen LogP contribution in [0.2, 0.25) is 0 Å². The summed E-state index contributed by atoms with van der Waals surface area (Å²) in [6.45, 7) is 1.01. The highest BCUT2D eigenvalue weighted by Gasteiger charge is 2.47. The number of benzene rings is 1. The summed E-state index contributed by atoms with van der Waals surface area (Å²) in [4.78, 5) is 28.9. The van der Waals surface area contributed by atoms with E-state index in [9.17, 15) is 19.1 Å². The molecule has 1 atom stereocenters. The third kappa shape index (κ3) is 4.02. The van der Waals surface area contributed by atoms with Gasteiger partial charge in [0.2, 0.25) is 0 Å². The van der Waals surface area contributed by atoms with Crippen LogP contribution in [-0.4, -0.2) is 60.9 Å². The number of aliphatic hydroxyl groups excluding tert-OH is 1. The lowest BCUT2D eigenvalue weighted by Crippen LogP contribution is -2.32. The van der Waals surface area contributed by atoms with E-state index in [0.29, 0.717) is 25.3 Å². The van der Waals surface area contributed by atoms with E-state index in [1.165, 1.54) is 30.4 Å². The van der Waals surface area contributed by atoms with E-state index < -0.39 is 29.3 Å². The molecule has 1 saturated heterocycles. The van der Waals surface area contributed by atoms with Crippen LogP contribution in [0.4, 0.5) is 4.39 Å². The molecule has 29 heavy (non-hydrogen) atoms. The monoisotopic (exact) mass is 402 g/mol. The minimum Gasteiger partial charge on any atom is -0.507 e. The van der Waals surface area contributed by atoms with E-state index in [1.54, 1.807) is 12.1 Å². The fraction of sp³-hybridized carbons (Fsp3) is 0.333. The van der Waals surface area contributed by atoms with E-state index in [1.807, 2.05) is 19.0 Å². The fourth-order valence-corrected chi connectivity index (χ4v) is 3.42. The number of amides is 1. The molecule has 7 nitrogen and oxygen atoms in total. The molecule has 2 aromatic rings. The van der Waals surface area contributed by atoms with Gasteiger partial charge in [-0.1, -0.05) is 0 Å². The van der Waals surface area contributed by atoms with Gasteiger partial charge in [-0.25, -0.2) is 4.39 Å². The average Bonchev–Trinajstić information content (AvgIpc) is 3.29. The van der Waals surface area contributed by atoms with Gasteiger partial charge in [-0.15, -0.1) is 0 Å². The van der Waals surface area contributed by atoms with Crippen molar-refractivity contribution in [3.8, 4) is 5.75 Å². The summed E-state index contributed by atoms with van der Waals surface area (Å²) < 4.78 is 24.5. The zero-order valence-electron chi connectivity index (χ0n) is 16.5. The first-order valence-electron chi connectivity index (χ1n) is 9.15. The van der Waals surface area contributed by atoms with Gasteiger partial charge < -0.3 is 24.1 Å². The second kappa shape index (κ2) is 8.48. The third-order valence-corrected chi connectivity index (χ3v) is 4.77. The Balaban J connectivity index is 2.10. The molecular weight excluding hydrogens is 379 g/mol. The fourth-order valence-electron chi connectivity index (χ4n) is 3.42. The molecule has 3 rings (SSSR count). The standard InChI is InChI=1S/C21H23FN2O5/c1-23(2)9-5-10-24-18(16-6-4-11-29-16)17(20(26)21(24)27)19(25)14-12-13(22)7-8-15(14)28-3/h4,6-8,11-12,18,25H,5,9-10H2,1-3H3/b19-17+. The Kier molecular flexibility index (Phi) is 6.03. The molecule has 154 valence electrons. The number of halogens is 1. The first kappa shape index (κ1) is 20.6. The topological polar surface area (TPSA) is 83.2 Å².